The molecular formula is C40H55N3O10S. The Morgan fingerprint density at radius 3 is 2.43 bits per heavy atom. The molecule has 4 fully saturated rings. The maximum absolute atomic E-state index is 14.8. The molecule has 6 rings (SSSR count). The topological polar surface area (TPSA) is 168 Å². The molecule has 5 atom stereocenters. The van der Waals surface area contributed by atoms with Crippen LogP contribution in [-0.4, -0.2) is 78.9 Å². The van der Waals surface area contributed by atoms with Crippen molar-refractivity contribution in [1.82, 2.24) is 14.6 Å². The molecule has 1 N–H and O–H groups in total. The molecule has 0 radical (unpaired) electrons. The SMILES string of the molecule is CC[C@@H]1C[C@]1(CC(=O)[C@@H]1C[C@@H](Oc2nccc3cc(OC)ccc23)CN1C(=O)[C@@H](CC(=O)OC(C)(C)C)C1CCCCC1)C(=O)NS(=O)(=O)OC1(C)CC1. The van der Waals surface area contributed by atoms with E-state index in [2.05, 4.69) is 9.71 Å². The molecule has 1 aromatic heterocycles. The molecule has 54 heavy (non-hydrogen) atoms. The Bertz CT molecular complexity index is 1870. The number of amides is 2. The van der Waals surface area contributed by atoms with Gasteiger partial charge in [0, 0.05) is 24.4 Å². The largest absolute Gasteiger partial charge is 0.497 e. The lowest BCUT2D eigenvalue weighted by Gasteiger charge is -2.34. The van der Waals surface area contributed by atoms with Crippen molar-refractivity contribution in [2.24, 2.45) is 23.2 Å². The Balaban J connectivity index is 1.28. The number of aromatic nitrogens is 1. The van der Waals surface area contributed by atoms with E-state index >= 15 is 0 Å². The molecule has 4 aliphatic rings. The van der Waals surface area contributed by atoms with Gasteiger partial charge in [0.1, 0.15) is 17.5 Å². The number of esters is 1. The summed E-state index contributed by atoms with van der Waals surface area (Å²) >= 11 is 0. The van der Waals surface area contributed by atoms with Crippen LogP contribution in [0.4, 0.5) is 0 Å². The highest BCUT2D eigenvalue weighted by Gasteiger charge is 2.62. The smallest absolute Gasteiger partial charge is 0.362 e. The first-order valence-corrected chi connectivity index (χ1v) is 20.8. The summed E-state index contributed by atoms with van der Waals surface area (Å²) in [6.07, 6.45) is 7.30. The van der Waals surface area contributed by atoms with Gasteiger partial charge in [0.15, 0.2) is 5.78 Å². The summed E-state index contributed by atoms with van der Waals surface area (Å²) in [4.78, 5) is 62.4. The number of likely N-dealkylation sites (tertiary alicyclic amines) is 1. The van der Waals surface area contributed by atoms with Crippen LogP contribution in [0.1, 0.15) is 112 Å². The standard InChI is InChI=1S/C40H55N3O10S/c1-7-27-22-40(27,37(47)42-54(48,49)53-39(5)16-17-39)23-33(44)32-20-29(51-35-30-14-13-28(50-6)19-26(30)15-18-41-35)24-43(32)36(46)31(25-11-9-8-10-12-25)21-34(45)52-38(2,3)4/h13-15,18-19,25,27,29,31-32H,7-12,16-17,20-24H2,1-6H3,(H,42,47)/t27-,29-,31+,32+,40-/m1/s1. The van der Waals surface area contributed by atoms with Crippen molar-refractivity contribution >= 4 is 44.6 Å². The van der Waals surface area contributed by atoms with Crippen LogP contribution in [0.2, 0.25) is 0 Å². The van der Waals surface area contributed by atoms with Gasteiger partial charge in [0.25, 0.3) is 0 Å². The molecular weight excluding hydrogens is 715 g/mol. The van der Waals surface area contributed by atoms with Crippen LogP contribution >= 0.6 is 0 Å². The number of rotatable bonds is 15. The normalized spacial score (nSPS) is 25.8. The fourth-order valence-corrected chi connectivity index (χ4v) is 9.55. The first-order valence-electron chi connectivity index (χ1n) is 19.4. The van der Waals surface area contributed by atoms with Crippen molar-refractivity contribution in [2.45, 2.75) is 135 Å². The number of nitrogens with one attached hydrogen (secondary N) is 1. The lowest BCUT2D eigenvalue weighted by molar-refractivity contribution is -0.160. The van der Waals surface area contributed by atoms with E-state index in [9.17, 15) is 27.6 Å². The third kappa shape index (κ3) is 9.18. The molecule has 0 bridgehead atoms. The molecule has 2 amide bonds. The average Bonchev–Trinajstić information content (AvgIpc) is 3.98. The number of nitrogens with zero attached hydrogens (tertiary/aromatic N) is 2. The summed E-state index contributed by atoms with van der Waals surface area (Å²) in [5, 5.41) is 1.58. The number of carbonyl (C=O) groups is 4. The highest BCUT2D eigenvalue weighted by molar-refractivity contribution is 7.85. The molecule has 2 aromatic rings. The second-order valence-electron chi connectivity index (χ2n) is 17.0. The average molecular weight is 770 g/mol. The Morgan fingerprint density at radius 2 is 1.80 bits per heavy atom. The number of carbonyl (C=O) groups excluding carboxylic acids is 4. The van der Waals surface area contributed by atoms with Crippen molar-refractivity contribution in [3.8, 4) is 11.6 Å². The van der Waals surface area contributed by atoms with Crippen LogP contribution in [0.3, 0.4) is 0 Å². The molecule has 1 aliphatic heterocycles. The summed E-state index contributed by atoms with van der Waals surface area (Å²) < 4.78 is 50.6. The van der Waals surface area contributed by atoms with E-state index in [0.717, 1.165) is 42.9 Å². The molecule has 14 heteroatoms. The monoisotopic (exact) mass is 769 g/mol. The Kier molecular flexibility index (Phi) is 11.4. The van der Waals surface area contributed by atoms with E-state index in [1.807, 2.05) is 25.1 Å². The highest BCUT2D eigenvalue weighted by Crippen LogP contribution is 2.58. The van der Waals surface area contributed by atoms with Gasteiger partial charge < -0.3 is 19.1 Å². The second-order valence-corrected chi connectivity index (χ2v) is 18.3. The third-order valence-corrected chi connectivity index (χ3v) is 12.7. The second kappa shape index (κ2) is 15.4. The van der Waals surface area contributed by atoms with Gasteiger partial charge in [-0.1, -0.05) is 32.6 Å². The van der Waals surface area contributed by atoms with Crippen molar-refractivity contribution in [3.63, 3.8) is 0 Å². The molecule has 0 spiro atoms. The van der Waals surface area contributed by atoms with Gasteiger partial charge in [0.2, 0.25) is 17.7 Å². The summed E-state index contributed by atoms with van der Waals surface area (Å²) in [6.45, 7) is 8.99. The number of pyridine rings is 1. The Morgan fingerprint density at radius 1 is 1.07 bits per heavy atom. The van der Waals surface area contributed by atoms with Crippen LogP contribution in [0, 0.1) is 23.2 Å². The maximum atomic E-state index is 14.8. The van der Waals surface area contributed by atoms with Gasteiger partial charge in [0.05, 0.1) is 43.1 Å². The Hall–Kier alpha value is -3.78. The van der Waals surface area contributed by atoms with Crippen molar-refractivity contribution in [2.75, 3.05) is 13.7 Å². The zero-order chi connectivity index (χ0) is 39.1. The number of benzene rings is 1. The minimum absolute atomic E-state index is 0.0623. The van der Waals surface area contributed by atoms with Gasteiger partial charge in [-0.2, -0.15) is 8.42 Å². The van der Waals surface area contributed by atoms with Gasteiger partial charge in [-0.25, -0.2) is 13.9 Å². The van der Waals surface area contributed by atoms with Gasteiger partial charge in [-0.05, 0) is 101 Å². The van der Waals surface area contributed by atoms with Crippen molar-refractivity contribution in [3.05, 3.63) is 30.5 Å². The van der Waals surface area contributed by atoms with Crippen LogP contribution in [-0.2, 0) is 38.4 Å². The highest BCUT2D eigenvalue weighted by atomic mass is 32.2. The number of Topliss-reactive ketones (excluding diaryl/α,β-unsaturated/α-hetero) is 1. The number of methoxy groups -OCH3 is 1. The number of ether oxygens (including phenoxy) is 3. The van der Waals surface area contributed by atoms with Crippen molar-refractivity contribution in [1.29, 1.82) is 0 Å². The summed E-state index contributed by atoms with van der Waals surface area (Å²) in [6, 6.07) is 6.39. The van der Waals surface area contributed by atoms with Gasteiger partial charge in [-0.15, -0.1) is 0 Å². The number of fused-ring (bicyclic) bond motifs is 1. The van der Waals surface area contributed by atoms with Crippen molar-refractivity contribution < 1.29 is 46.0 Å². The van der Waals surface area contributed by atoms with E-state index in [0.29, 0.717) is 37.3 Å². The number of hydrogen-bond donors (Lipinski definition) is 1. The third-order valence-electron chi connectivity index (χ3n) is 11.6. The van der Waals surface area contributed by atoms with E-state index in [-0.39, 0.29) is 49.3 Å². The predicted octanol–water partition coefficient (Wildman–Crippen LogP) is 5.83. The van der Waals surface area contributed by atoms with Crippen LogP contribution in [0.15, 0.2) is 30.5 Å². The van der Waals surface area contributed by atoms with Crippen LogP contribution in [0.5, 0.6) is 11.6 Å². The first-order chi connectivity index (χ1) is 25.4. The van der Waals surface area contributed by atoms with E-state index in [1.54, 1.807) is 47.1 Å². The van der Waals surface area contributed by atoms with Gasteiger partial charge in [-0.3, -0.25) is 19.2 Å². The molecule has 296 valence electrons. The summed E-state index contributed by atoms with van der Waals surface area (Å²) in [5.74, 6) is -1.88. The molecule has 3 saturated carbocycles. The summed E-state index contributed by atoms with van der Waals surface area (Å²) in [5.41, 5.74) is -2.82. The molecule has 1 aromatic carbocycles. The quantitative estimate of drug-likeness (QED) is 0.217. The van der Waals surface area contributed by atoms with Gasteiger partial charge >= 0.3 is 16.3 Å². The van der Waals surface area contributed by atoms with E-state index in [4.69, 9.17) is 18.4 Å². The lowest BCUT2D eigenvalue weighted by atomic mass is 9.77. The fraction of sp³-hybridized carbons (Fsp3) is 0.675. The first kappa shape index (κ1) is 39.9. The molecule has 1 saturated heterocycles. The van der Waals surface area contributed by atoms with Crippen LogP contribution < -0.4 is 14.2 Å². The minimum Gasteiger partial charge on any atom is -0.497 e. The number of hydrogen-bond acceptors (Lipinski definition) is 11. The molecule has 2 heterocycles. The lowest BCUT2D eigenvalue weighted by Crippen LogP contribution is -2.48. The molecule has 3 aliphatic carbocycles. The summed E-state index contributed by atoms with van der Waals surface area (Å²) in [7, 11) is -2.81. The maximum Gasteiger partial charge on any atom is 0.362 e. The minimum atomic E-state index is -4.40. The zero-order valence-electron chi connectivity index (χ0n) is 32.4. The molecule has 13 nitrogen and oxygen atoms in total. The Labute approximate surface area is 318 Å². The number of ketones is 1. The van der Waals surface area contributed by atoms with Crippen LogP contribution in [0.25, 0.3) is 10.8 Å². The predicted molar refractivity (Wildman–Crippen MR) is 200 cm³/mol. The zero-order valence-corrected chi connectivity index (χ0v) is 33.2. The van der Waals surface area contributed by atoms with E-state index in [1.165, 1.54) is 4.90 Å². The fourth-order valence-electron chi connectivity index (χ4n) is 8.39. The van der Waals surface area contributed by atoms with E-state index < -0.39 is 56.9 Å². The molecule has 0 unspecified atom stereocenters.